The molecule has 1 atom stereocenters. The highest BCUT2D eigenvalue weighted by molar-refractivity contribution is 5.15. The van der Waals surface area contributed by atoms with Gasteiger partial charge in [0.05, 0.1) is 25.3 Å². The molecule has 1 fully saturated rings. The van der Waals surface area contributed by atoms with E-state index in [1.54, 1.807) is 0 Å². The molecule has 0 amide bonds. The number of benzene rings is 1. The fraction of sp³-hybridized carbons (Fsp3) is 0.500. The number of nitriles is 1. The van der Waals surface area contributed by atoms with Gasteiger partial charge in [0.2, 0.25) is 0 Å². The minimum Gasteiger partial charge on any atom is -0.379 e. The van der Waals surface area contributed by atoms with Crippen LogP contribution in [0.15, 0.2) is 30.3 Å². The van der Waals surface area contributed by atoms with Crippen LogP contribution in [0.25, 0.3) is 0 Å². The van der Waals surface area contributed by atoms with Crippen LogP contribution in [0.1, 0.15) is 12.0 Å². The molecule has 3 nitrogen and oxygen atoms in total. The van der Waals surface area contributed by atoms with Crippen LogP contribution in [0.2, 0.25) is 0 Å². The molecule has 1 heterocycles. The lowest BCUT2D eigenvalue weighted by atomic mass is 10.0. The lowest BCUT2D eigenvalue weighted by Crippen LogP contribution is -2.43. The average Bonchev–Trinajstić information content (AvgIpc) is 2.42. The summed E-state index contributed by atoms with van der Waals surface area (Å²) in [6, 6.07) is 12.8. The minimum absolute atomic E-state index is 0.0270. The number of morpholine rings is 1. The van der Waals surface area contributed by atoms with Crippen molar-refractivity contribution in [2.45, 2.75) is 18.9 Å². The van der Waals surface area contributed by atoms with E-state index in [1.165, 1.54) is 5.56 Å². The fourth-order valence-corrected chi connectivity index (χ4v) is 2.17. The molecule has 0 aromatic heterocycles. The smallest absolute Gasteiger partial charge is 0.0982 e. The van der Waals surface area contributed by atoms with Gasteiger partial charge in [-0.15, -0.1) is 0 Å². The van der Waals surface area contributed by atoms with Crippen molar-refractivity contribution in [2.75, 3.05) is 26.3 Å². The van der Waals surface area contributed by atoms with Crippen LogP contribution in [0.5, 0.6) is 0 Å². The Morgan fingerprint density at radius 3 is 2.59 bits per heavy atom. The maximum absolute atomic E-state index is 9.22. The lowest BCUT2D eigenvalue weighted by Gasteiger charge is -2.30. The van der Waals surface area contributed by atoms with Crippen molar-refractivity contribution >= 4 is 0 Å². The number of aryl methyl sites for hydroxylation is 1. The minimum atomic E-state index is 0.0270. The average molecular weight is 230 g/mol. The standard InChI is InChI=1S/C14H18N2O/c15-12-14(16-8-10-17-11-9-16)7-6-13-4-2-1-3-5-13/h1-5,14H,6-11H2. The summed E-state index contributed by atoms with van der Waals surface area (Å²) in [6.45, 7) is 3.27. The van der Waals surface area contributed by atoms with Crippen molar-refractivity contribution in [1.29, 1.82) is 5.26 Å². The number of nitrogens with zero attached hydrogens (tertiary/aromatic N) is 2. The van der Waals surface area contributed by atoms with Crippen LogP contribution >= 0.6 is 0 Å². The van der Waals surface area contributed by atoms with Crippen molar-refractivity contribution < 1.29 is 4.74 Å². The predicted octanol–water partition coefficient (Wildman–Crippen LogP) is 1.84. The van der Waals surface area contributed by atoms with E-state index < -0.39 is 0 Å². The molecule has 1 aromatic carbocycles. The molecule has 0 saturated carbocycles. The Balaban J connectivity index is 1.85. The van der Waals surface area contributed by atoms with Crippen molar-refractivity contribution in [3.63, 3.8) is 0 Å². The SMILES string of the molecule is N#CC(CCc1ccccc1)N1CCOCC1. The Morgan fingerprint density at radius 2 is 1.94 bits per heavy atom. The van der Waals surface area contributed by atoms with Crippen molar-refractivity contribution in [2.24, 2.45) is 0 Å². The van der Waals surface area contributed by atoms with Gasteiger partial charge in [-0.3, -0.25) is 4.90 Å². The predicted molar refractivity (Wildman–Crippen MR) is 66.6 cm³/mol. The van der Waals surface area contributed by atoms with Gasteiger partial charge in [-0.2, -0.15) is 5.26 Å². The Morgan fingerprint density at radius 1 is 1.24 bits per heavy atom. The first-order chi connectivity index (χ1) is 8.40. The fourth-order valence-electron chi connectivity index (χ4n) is 2.17. The first kappa shape index (κ1) is 12.1. The van der Waals surface area contributed by atoms with Crippen molar-refractivity contribution in [3.05, 3.63) is 35.9 Å². The van der Waals surface area contributed by atoms with Crippen LogP contribution < -0.4 is 0 Å². The van der Waals surface area contributed by atoms with Gasteiger partial charge in [-0.25, -0.2) is 0 Å². The third-order valence-electron chi connectivity index (χ3n) is 3.18. The van der Waals surface area contributed by atoms with E-state index in [-0.39, 0.29) is 6.04 Å². The lowest BCUT2D eigenvalue weighted by molar-refractivity contribution is 0.0256. The van der Waals surface area contributed by atoms with Crippen LogP contribution in [0, 0.1) is 11.3 Å². The summed E-state index contributed by atoms with van der Waals surface area (Å²) < 4.78 is 5.31. The van der Waals surface area contributed by atoms with Crippen LogP contribution in [-0.4, -0.2) is 37.2 Å². The second-order valence-corrected chi connectivity index (χ2v) is 4.32. The zero-order chi connectivity index (χ0) is 11.9. The van der Waals surface area contributed by atoms with Gasteiger partial charge in [0.25, 0.3) is 0 Å². The second kappa shape index (κ2) is 6.39. The molecule has 3 heteroatoms. The zero-order valence-corrected chi connectivity index (χ0v) is 10.0. The van der Waals surface area contributed by atoms with E-state index in [9.17, 15) is 5.26 Å². The molecular weight excluding hydrogens is 212 g/mol. The van der Waals surface area contributed by atoms with Crippen LogP contribution in [-0.2, 0) is 11.2 Å². The topological polar surface area (TPSA) is 36.3 Å². The second-order valence-electron chi connectivity index (χ2n) is 4.32. The molecule has 1 aliphatic heterocycles. The summed E-state index contributed by atoms with van der Waals surface area (Å²) in [5, 5.41) is 9.22. The van der Waals surface area contributed by atoms with E-state index in [1.807, 2.05) is 18.2 Å². The summed E-state index contributed by atoms with van der Waals surface area (Å²) in [7, 11) is 0. The van der Waals surface area contributed by atoms with E-state index >= 15 is 0 Å². The first-order valence-corrected chi connectivity index (χ1v) is 6.15. The highest BCUT2D eigenvalue weighted by Gasteiger charge is 2.20. The Kier molecular flexibility index (Phi) is 4.54. The number of ether oxygens (including phenoxy) is 1. The van der Waals surface area contributed by atoms with Gasteiger partial charge in [-0.05, 0) is 18.4 Å². The molecule has 0 radical (unpaired) electrons. The maximum atomic E-state index is 9.22. The summed E-state index contributed by atoms with van der Waals surface area (Å²) in [6.07, 6.45) is 1.87. The largest absolute Gasteiger partial charge is 0.379 e. The Labute approximate surface area is 103 Å². The van der Waals surface area contributed by atoms with E-state index in [0.717, 1.165) is 39.1 Å². The molecule has 1 saturated heterocycles. The quantitative estimate of drug-likeness (QED) is 0.792. The van der Waals surface area contributed by atoms with Gasteiger partial charge in [0.1, 0.15) is 0 Å². The van der Waals surface area contributed by atoms with E-state index in [4.69, 9.17) is 4.74 Å². The number of hydrogen-bond acceptors (Lipinski definition) is 3. The van der Waals surface area contributed by atoms with Gasteiger partial charge in [-0.1, -0.05) is 30.3 Å². The number of hydrogen-bond donors (Lipinski definition) is 0. The molecule has 1 unspecified atom stereocenters. The van der Waals surface area contributed by atoms with Crippen molar-refractivity contribution in [3.8, 4) is 6.07 Å². The van der Waals surface area contributed by atoms with E-state index in [0.29, 0.717) is 0 Å². The molecule has 0 N–H and O–H groups in total. The molecule has 0 spiro atoms. The van der Waals surface area contributed by atoms with Gasteiger partial charge in [0.15, 0.2) is 0 Å². The zero-order valence-electron chi connectivity index (χ0n) is 10.0. The molecule has 0 bridgehead atoms. The maximum Gasteiger partial charge on any atom is 0.0982 e. The molecule has 1 aromatic rings. The third kappa shape index (κ3) is 3.55. The highest BCUT2D eigenvalue weighted by atomic mass is 16.5. The van der Waals surface area contributed by atoms with Crippen LogP contribution in [0.3, 0.4) is 0 Å². The number of rotatable bonds is 4. The van der Waals surface area contributed by atoms with Gasteiger partial charge in [0, 0.05) is 13.1 Å². The molecule has 17 heavy (non-hydrogen) atoms. The molecule has 0 aliphatic carbocycles. The Bertz CT molecular complexity index is 366. The third-order valence-corrected chi connectivity index (χ3v) is 3.18. The summed E-state index contributed by atoms with van der Waals surface area (Å²) in [5.74, 6) is 0. The Hall–Kier alpha value is -1.37. The van der Waals surface area contributed by atoms with Crippen LogP contribution in [0.4, 0.5) is 0 Å². The van der Waals surface area contributed by atoms with Gasteiger partial charge >= 0.3 is 0 Å². The first-order valence-electron chi connectivity index (χ1n) is 6.15. The normalized spacial score (nSPS) is 18.5. The summed E-state index contributed by atoms with van der Waals surface area (Å²) in [4.78, 5) is 2.23. The molecule has 90 valence electrons. The molecular formula is C14H18N2O. The van der Waals surface area contributed by atoms with E-state index in [2.05, 4.69) is 23.1 Å². The molecule has 2 rings (SSSR count). The van der Waals surface area contributed by atoms with Crippen molar-refractivity contribution in [1.82, 2.24) is 4.90 Å². The summed E-state index contributed by atoms with van der Waals surface area (Å²) >= 11 is 0. The molecule has 1 aliphatic rings. The monoisotopic (exact) mass is 230 g/mol. The highest BCUT2D eigenvalue weighted by Crippen LogP contribution is 2.11. The summed E-state index contributed by atoms with van der Waals surface area (Å²) in [5.41, 5.74) is 1.31. The van der Waals surface area contributed by atoms with Gasteiger partial charge < -0.3 is 4.74 Å².